The molecule has 0 aromatic heterocycles. The number of hydrogen-bond donors (Lipinski definition) is 3. The van der Waals surface area contributed by atoms with E-state index in [-0.39, 0.29) is 25.0 Å². The van der Waals surface area contributed by atoms with Gasteiger partial charge in [0.15, 0.2) is 6.61 Å². The summed E-state index contributed by atoms with van der Waals surface area (Å²) in [5.74, 6) is -0.549. The summed E-state index contributed by atoms with van der Waals surface area (Å²) in [7, 11) is 0. The largest absolute Gasteiger partial charge is 0.481 e. The Balaban J connectivity index is 1.62. The first kappa shape index (κ1) is 15.5. The van der Waals surface area contributed by atoms with Gasteiger partial charge in [-0.2, -0.15) is 0 Å². The van der Waals surface area contributed by atoms with E-state index < -0.39 is 5.91 Å². The van der Waals surface area contributed by atoms with E-state index in [0.717, 1.165) is 0 Å². The molecular formula is C17H15N3O4. The normalized spacial score (nSPS) is 12.4. The van der Waals surface area contributed by atoms with Crippen molar-refractivity contribution in [3.05, 3.63) is 54.1 Å². The molecular weight excluding hydrogens is 310 g/mol. The van der Waals surface area contributed by atoms with Gasteiger partial charge in [0.1, 0.15) is 11.4 Å². The molecule has 2 aromatic carbocycles. The molecule has 1 heterocycles. The Labute approximate surface area is 138 Å². The van der Waals surface area contributed by atoms with Crippen LogP contribution in [0.25, 0.3) is 0 Å². The van der Waals surface area contributed by atoms with Gasteiger partial charge < -0.3 is 20.7 Å². The van der Waals surface area contributed by atoms with E-state index in [4.69, 9.17) is 4.74 Å². The van der Waals surface area contributed by atoms with Crippen LogP contribution >= 0.6 is 0 Å². The van der Waals surface area contributed by atoms with Crippen molar-refractivity contribution in [3.63, 3.8) is 0 Å². The average molecular weight is 325 g/mol. The third kappa shape index (κ3) is 3.52. The van der Waals surface area contributed by atoms with Gasteiger partial charge in [-0.25, -0.2) is 0 Å². The highest BCUT2D eigenvalue weighted by Crippen LogP contribution is 2.34. The predicted molar refractivity (Wildman–Crippen MR) is 88.0 cm³/mol. The van der Waals surface area contributed by atoms with E-state index in [1.54, 1.807) is 48.5 Å². The van der Waals surface area contributed by atoms with E-state index >= 15 is 0 Å². The molecule has 2 aromatic rings. The first-order chi connectivity index (χ1) is 11.6. The Hall–Kier alpha value is -3.35. The number of hydrogen-bond acceptors (Lipinski definition) is 4. The van der Waals surface area contributed by atoms with Crippen LogP contribution in [0, 0.1) is 0 Å². The predicted octanol–water partition coefficient (Wildman–Crippen LogP) is 1.39. The molecule has 1 aliphatic heterocycles. The molecule has 0 bridgehead atoms. The van der Waals surface area contributed by atoms with Gasteiger partial charge in [0, 0.05) is 5.56 Å². The molecule has 3 rings (SSSR count). The molecule has 0 saturated heterocycles. The zero-order chi connectivity index (χ0) is 16.9. The van der Waals surface area contributed by atoms with Crippen molar-refractivity contribution >= 4 is 29.1 Å². The van der Waals surface area contributed by atoms with Gasteiger partial charge in [0.2, 0.25) is 5.91 Å². The van der Waals surface area contributed by atoms with Crippen LogP contribution in [0.1, 0.15) is 10.4 Å². The van der Waals surface area contributed by atoms with E-state index in [9.17, 15) is 14.4 Å². The van der Waals surface area contributed by atoms with Gasteiger partial charge in [-0.1, -0.05) is 24.3 Å². The Morgan fingerprint density at radius 1 is 1.08 bits per heavy atom. The monoisotopic (exact) mass is 325 g/mol. The van der Waals surface area contributed by atoms with Crippen LogP contribution in [0.3, 0.4) is 0 Å². The molecule has 0 atom stereocenters. The number of carbonyl (C=O) groups excluding carboxylic acids is 3. The summed E-state index contributed by atoms with van der Waals surface area (Å²) in [5.41, 5.74) is 1.30. The van der Waals surface area contributed by atoms with Gasteiger partial charge in [-0.05, 0) is 24.3 Å². The lowest BCUT2D eigenvalue weighted by Gasteiger charge is -2.20. The first-order valence-electron chi connectivity index (χ1n) is 7.32. The standard InChI is InChI=1S/C17H15N3O4/c21-14(9-18-17(23)11-5-2-1-3-6-11)19-12-7-4-8-13-16(12)20-15(22)10-24-13/h1-8H,9-10H2,(H,18,23)(H,19,21)(H,20,22). The summed E-state index contributed by atoms with van der Waals surface area (Å²) in [6.45, 7) is -0.246. The van der Waals surface area contributed by atoms with Crippen molar-refractivity contribution in [3.8, 4) is 5.75 Å². The maximum Gasteiger partial charge on any atom is 0.262 e. The van der Waals surface area contributed by atoms with Crippen LogP contribution in [-0.2, 0) is 9.59 Å². The maximum atomic E-state index is 12.0. The fourth-order valence-electron chi connectivity index (χ4n) is 2.25. The number of benzene rings is 2. The number of anilines is 2. The fraction of sp³-hybridized carbons (Fsp3) is 0.118. The number of para-hydroxylation sites is 1. The van der Waals surface area contributed by atoms with E-state index in [0.29, 0.717) is 22.7 Å². The van der Waals surface area contributed by atoms with Crippen molar-refractivity contribution in [1.82, 2.24) is 5.32 Å². The number of ether oxygens (including phenoxy) is 1. The van der Waals surface area contributed by atoms with Crippen LogP contribution in [0.5, 0.6) is 5.75 Å². The topological polar surface area (TPSA) is 96.5 Å². The van der Waals surface area contributed by atoms with Gasteiger partial charge in [0.25, 0.3) is 11.8 Å². The summed E-state index contributed by atoms with van der Waals surface area (Å²) in [6.07, 6.45) is 0. The van der Waals surface area contributed by atoms with Crippen molar-refractivity contribution in [2.24, 2.45) is 0 Å². The van der Waals surface area contributed by atoms with Crippen LogP contribution < -0.4 is 20.7 Å². The molecule has 7 nitrogen and oxygen atoms in total. The van der Waals surface area contributed by atoms with Crippen molar-refractivity contribution in [2.75, 3.05) is 23.8 Å². The second-order valence-corrected chi connectivity index (χ2v) is 5.11. The van der Waals surface area contributed by atoms with Crippen LogP contribution in [0.2, 0.25) is 0 Å². The minimum Gasteiger partial charge on any atom is -0.481 e. The third-order valence-electron chi connectivity index (χ3n) is 3.37. The minimum absolute atomic E-state index is 0.0580. The Bertz CT molecular complexity index is 790. The summed E-state index contributed by atoms with van der Waals surface area (Å²) >= 11 is 0. The molecule has 122 valence electrons. The second-order valence-electron chi connectivity index (χ2n) is 5.11. The number of fused-ring (bicyclic) bond motifs is 1. The summed E-state index contributed by atoms with van der Waals surface area (Å²) < 4.78 is 5.28. The molecule has 0 fully saturated rings. The fourth-order valence-corrected chi connectivity index (χ4v) is 2.25. The minimum atomic E-state index is -0.410. The number of amides is 3. The first-order valence-corrected chi connectivity index (χ1v) is 7.32. The Morgan fingerprint density at radius 3 is 2.67 bits per heavy atom. The molecule has 0 radical (unpaired) electrons. The van der Waals surface area contributed by atoms with E-state index in [1.165, 1.54) is 0 Å². The highest BCUT2D eigenvalue weighted by molar-refractivity contribution is 6.04. The number of nitrogens with one attached hydrogen (secondary N) is 3. The zero-order valence-electron chi connectivity index (χ0n) is 12.7. The Morgan fingerprint density at radius 2 is 1.88 bits per heavy atom. The summed E-state index contributed by atoms with van der Waals surface area (Å²) in [4.78, 5) is 35.4. The highest BCUT2D eigenvalue weighted by atomic mass is 16.5. The van der Waals surface area contributed by atoms with Gasteiger partial charge in [-0.15, -0.1) is 0 Å². The average Bonchev–Trinajstić information content (AvgIpc) is 2.61. The van der Waals surface area contributed by atoms with E-state index in [1.807, 2.05) is 0 Å². The Kier molecular flexibility index (Phi) is 4.42. The SMILES string of the molecule is O=C(CNC(=O)c1ccccc1)Nc1cccc2c1NC(=O)CO2. The molecule has 3 amide bonds. The molecule has 0 unspecified atom stereocenters. The zero-order valence-corrected chi connectivity index (χ0v) is 12.7. The molecule has 1 aliphatic rings. The van der Waals surface area contributed by atoms with E-state index in [2.05, 4.69) is 16.0 Å². The molecule has 7 heteroatoms. The maximum absolute atomic E-state index is 12.0. The molecule has 0 spiro atoms. The van der Waals surface area contributed by atoms with Crippen LogP contribution in [0.15, 0.2) is 48.5 Å². The van der Waals surface area contributed by atoms with Crippen LogP contribution in [0.4, 0.5) is 11.4 Å². The highest BCUT2D eigenvalue weighted by Gasteiger charge is 2.20. The van der Waals surface area contributed by atoms with Crippen molar-refractivity contribution in [1.29, 1.82) is 0 Å². The molecule has 3 N–H and O–H groups in total. The second kappa shape index (κ2) is 6.82. The smallest absolute Gasteiger partial charge is 0.262 e. The van der Waals surface area contributed by atoms with Gasteiger partial charge in [0.05, 0.1) is 12.2 Å². The lowest BCUT2D eigenvalue weighted by Crippen LogP contribution is -2.33. The van der Waals surface area contributed by atoms with Crippen molar-refractivity contribution in [2.45, 2.75) is 0 Å². The van der Waals surface area contributed by atoms with Gasteiger partial charge >= 0.3 is 0 Å². The molecule has 0 saturated carbocycles. The molecule has 24 heavy (non-hydrogen) atoms. The van der Waals surface area contributed by atoms with Crippen LogP contribution in [-0.4, -0.2) is 30.9 Å². The third-order valence-corrected chi connectivity index (χ3v) is 3.37. The quantitative estimate of drug-likeness (QED) is 0.791. The lowest BCUT2D eigenvalue weighted by atomic mass is 10.2. The van der Waals surface area contributed by atoms with Gasteiger partial charge in [-0.3, -0.25) is 14.4 Å². The molecule has 0 aliphatic carbocycles. The summed E-state index contributed by atoms with van der Waals surface area (Å²) in [5, 5.41) is 7.85. The lowest BCUT2D eigenvalue weighted by molar-refractivity contribution is -0.118. The number of carbonyl (C=O) groups is 3. The number of rotatable bonds is 4. The van der Waals surface area contributed by atoms with Crippen molar-refractivity contribution < 1.29 is 19.1 Å². The summed E-state index contributed by atoms with van der Waals surface area (Å²) in [6, 6.07) is 13.7.